The molecule has 0 spiro atoms. The lowest BCUT2D eigenvalue weighted by Gasteiger charge is -2.20. The second-order valence-electron chi connectivity index (χ2n) is 6.69. The van der Waals surface area contributed by atoms with E-state index in [1.807, 2.05) is 0 Å². The molecule has 3 rings (SSSR count). The molecule has 0 amide bonds. The number of benzene rings is 2. The molecule has 6 nitrogen and oxygen atoms in total. The van der Waals surface area contributed by atoms with Crippen LogP contribution in [0.4, 0.5) is 0 Å². The lowest BCUT2D eigenvalue weighted by Crippen LogP contribution is -2.32. The van der Waals surface area contributed by atoms with Crippen molar-refractivity contribution in [1.29, 1.82) is 5.26 Å². The normalized spacial score (nSPS) is 15.4. The van der Waals surface area contributed by atoms with E-state index in [-0.39, 0.29) is 17.1 Å². The molecule has 2 aromatic carbocycles. The van der Waals surface area contributed by atoms with Crippen molar-refractivity contribution in [2.45, 2.75) is 37.2 Å². The maximum Gasteiger partial charge on any atom is 0.338 e. The molecule has 0 aromatic heterocycles. The van der Waals surface area contributed by atoms with Crippen molar-refractivity contribution in [2.24, 2.45) is 0 Å². The van der Waals surface area contributed by atoms with E-state index in [1.54, 1.807) is 30.3 Å². The molecule has 0 unspecified atom stereocenters. The minimum absolute atomic E-state index is 0.0499. The van der Waals surface area contributed by atoms with Crippen molar-refractivity contribution in [2.75, 3.05) is 13.1 Å². The van der Waals surface area contributed by atoms with E-state index in [4.69, 9.17) is 10.00 Å². The third-order valence-corrected chi connectivity index (χ3v) is 6.66. The van der Waals surface area contributed by atoms with Gasteiger partial charge in [0.2, 0.25) is 10.0 Å². The summed E-state index contributed by atoms with van der Waals surface area (Å²) in [5, 5.41) is 9.11. The number of hydrogen-bond acceptors (Lipinski definition) is 5. The average Bonchev–Trinajstić information content (AvgIpc) is 3.02. The Bertz CT molecular complexity index is 987. The van der Waals surface area contributed by atoms with Crippen molar-refractivity contribution in [3.05, 3.63) is 65.2 Å². The fourth-order valence-electron chi connectivity index (χ4n) is 3.20. The molecule has 1 fully saturated rings. The Labute approximate surface area is 165 Å². The van der Waals surface area contributed by atoms with Gasteiger partial charge in [0.25, 0.3) is 0 Å². The van der Waals surface area contributed by atoms with E-state index < -0.39 is 16.0 Å². The van der Waals surface area contributed by atoms with Crippen LogP contribution in [0.25, 0.3) is 0 Å². The van der Waals surface area contributed by atoms with Gasteiger partial charge in [-0.1, -0.05) is 37.1 Å². The van der Waals surface area contributed by atoms with Crippen LogP contribution in [0.1, 0.15) is 47.2 Å². The third kappa shape index (κ3) is 4.58. The zero-order valence-electron chi connectivity index (χ0n) is 15.5. The zero-order valence-corrected chi connectivity index (χ0v) is 16.3. The summed E-state index contributed by atoms with van der Waals surface area (Å²) < 4.78 is 32.6. The molecule has 0 radical (unpaired) electrons. The molecule has 2 aromatic rings. The first-order valence-corrected chi connectivity index (χ1v) is 10.7. The van der Waals surface area contributed by atoms with Gasteiger partial charge in [-0.05, 0) is 37.1 Å². The quantitative estimate of drug-likeness (QED) is 0.720. The van der Waals surface area contributed by atoms with Crippen LogP contribution in [0.3, 0.4) is 0 Å². The number of esters is 1. The summed E-state index contributed by atoms with van der Waals surface area (Å²) in [6.45, 7) is 0.954. The smallest absolute Gasteiger partial charge is 0.338 e. The molecule has 1 aliphatic heterocycles. The van der Waals surface area contributed by atoms with Gasteiger partial charge in [-0.2, -0.15) is 9.57 Å². The summed E-state index contributed by atoms with van der Waals surface area (Å²) in [6.07, 6.45) is 3.75. The highest BCUT2D eigenvalue weighted by Crippen LogP contribution is 2.21. The summed E-state index contributed by atoms with van der Waals surface area (Å²) >= 11 is 0. The van der Waals surface area contributed by atoms with E-state index in [9.17, 15) is 13.2 Å². The van der Waals surface area contributed by atoms with E-state index in [0.29, 0.717) is 24.2 Å². The van der Waals surface area contributed by atoms with Crippen molar-refractivity contribution >= 4 is 16.0 Å². The van der Waals surface area contributed by atoms with Gasteiger partial charge < -0.3 is 4.74 Å². The molecular formula is C21H22N2O4S. The topological polar surface area (TPSA) is 87.5 Å². The van der Waals surface area contributed by atoms with Crippen LogP contribution in [0.5, 0.6) is 0 Å². The molecule has 28 heavy (non-hydrogen) atoms. The third-order valence-electron chi connectivity index (χ3n) is 4.77. The Morgan fingerprint density at radius 2 is 1.75 bits per heavy atom. The van der Waals surface area contributed by atoms with Gasteiger partial charge in [0.1, 0.15) is 6.61 Å². The molecule has 0 bridgehead atoms. The summed E-state index contributed by atoms with van der Waals surface area (Å²) in [6, 6.07) is 14.9. The molecule has 0 aliphatic carbocycles. The van der Waals surface area contributed by atoms with Crippen LogP contribution in [-0.2, 0) is 21.4 Å². The Balaban J connectivity index is 1.75. The number of hydrogen-bond donors (Lipinski definition) is 0. The largest absolute Gasteiger partial charge is 0.457 e. The summed E-state index contributed by atoms with van der Waals surface area (Å²) in [5.41, 5.74) is 1.21. The fourth-order valence-corrected chi connectivity index (χ4v) is 4.76. The van der Waals surface area contributed by atoms with Gasteiger partial charge in [-0.15, -0.1) is 0 Å². The zero-order chi connectivity index (χ0) is 20.0. The van der Waals surface area contributed by atoms with Gasteiger partial charge in [-0.3, -0.25) is 0 Å². The number of rotatable bonds is 5. The molecule has 1 saturated heterocycles. The summed E-state index contributed by atoms with van der Waals surface area (Å²) in [7, 11) is -3.64. The first-order chi connectivity index (χ1) is 13.5. The number of nitriles is 1. The van der Waals surface area contributed by atoms with Crippen LogP contribution in [-0.4, -0.2) is 31.8 Å². The number of carbonyl (C=O) groups excluding carboxylic acids is 1. The Morgan fingerprint density at radius 1 is 1.04 bits per heavy atom. The fraction of sp³-hybridized carbons (Fsp3) is 0.333. The van der Waals surface area contributed by atoms with Crippen molar-refractivity contribution in [3.63, 3.8) is 0 Å². The molecule has 0 saturated carbocycles. The second-order valence-corrected chi connectivity index (χ2v) is 8.63. The van der Waals surface area contributed by atoms with Crippen LogP contribution >= 0.6 is 0 Å². The number of nitrogens with zero attached hydrogens (tertiary/aromatic N) is 2. The van der Waals surface area contributed by atoms with E-state index >= 15 is 0 Å². The maximum atomic E-state index is 12.9. The predicted molar refractivity (Wildman–Crippen MR) is 104 cm³/mol. The van der Waals surface area contributed by atoms with Crippen molar-refractivity contribution in [3.8, 4) is 6.07 Å². The summed E-state index contributed by atoms with van der Waals surface area (Å²) in [4.78, 5) is 12.5. The highest BCUT2D eigenvalue weighted by molar-refractivity contribution is 7.89. The minimum Gasteiger partial charge on any atom is -0.457 e. The van der Waals surface area contributed by atoms with Crippen LogP contribution in [0.15, 0.2) is 53.4 Å². The highest BCUT2D eigenvalue weighted by Gasteiger charge is 2.26. The summed E-state index contributed by atoms with van der Waals surface area (Å²) in [5.74, 6) is -0.624. The standard InChI is InChI=1S/C21H22N2O4S/c22-15-18-8-3-4-9-19(18)16-27-21(24)17-10-7-11-20(14-17)28(25,26)23-12-5-1-2-6-13-23/h3-4,7-11,14H,1-2,5-6,12-13,16H2. The van der Waals surface area contributed by atoms with Gasteiger partial charge >= 0.3 is 5.97 Å². The molecule has 146 valence electrons. The highest BCUT2D eigenvalue weighted by atomic mass is 32.2. The van der Waals surface area contributed by atoms with E-state index in [2.05, 4.69) is 6.07 Å². The first kappa shape index (κ1) is 20.1. The van der Waals surface area contributed by atoms with Gasteiger partial charge in [0, 0.05) is 18.7 Å². The number of carbonyl (C=O) groups is 1. The van der Waals surface area contributed by atoms with Crippen LogP contribution in [0.2, 0.25) is 0 Å². The van der Waals surface area contributed by atoms with Gasteiger partial charge in [-0.25, -0.2) is 13.2 Å². The first-order valence-electron chi connectivity index (χ1n) is 9.28. The number of sulfonamides is 1. The monoisotopic (exact) mass is 398 g/mol. The van der Waals surface area contributed by atoms with Crippen LogP contribution in [0, 0.1) is 11.3 Å². The Morgan fingerprint density at radius 3 is 2.46 bits per heavy atom. The van der Waals surface area contributed by atoms with Crippen LogP contribution < -0.4 is 0 Å². The molecule has 1 heterocycles. The Kier molecular flexibility index (Phi) is 6.45. The molecule has 1 aliphatic rings. The van der Waals surface area contributed by atoms with Gasteiger partial charge in [0.15, 0.2) is 0 Å². The number of ether oxygens (including phenoxy) is 1. The van der Waals surface area contributed by atoms with E-state index in [1.165, 1.54) is 22.5 Å². The van der Waals surface area contributed by atoms with E-state index in [0.717, 1.165) is 25.7 Å². The average molecular weight is 398 g/mol. The second kappa shape index (κ2) is 9.00. The Hall–Kier alpha value is -2.69. The predicted octanol–water partition coefficient (Wildman–Crippen LogP) is 3.48. The molecular weight excluding hydrogens is 376 g/mol. The van der Waals surface area contributed by atoms with Gasteiger partial charge in [0.05, 0.1) is 22.1 Å². The SMILES string of the molecule is N#Cc1ccccc1COC(=O)c1cccc(S(=O)(=O)N2CCCCCC2)c1. The molecule has 0 N–H and O–H groups in total. The minimum atomic E-state index is -3.64. The van der Waals surface area contributed by atoms with Crippen molar-refractivity contribution in [1.82, 2.24) is 4.31 Å². The maximum absolute atomic E-state index is 12.9. The van der Waals surface area contributed by atoms with Crippen molar-refractivity contribution < 1.29 is 17.9 Å². The lowest BCUT2D eigenvalue weighted by molar-refractivity contribution is 0.0472. The molecule has 0 atom stereocenters. The lowest BCUT2D eigenvalue weighted by atomic mass is 10.1. The molecule has 7 heteroatoms.